The molecular weight excluding hydrogens is 298 g/mol. The van der Waals surface area contributed by atoms with Crippen LogP contribution in [0.5, 0.6) is 0 Å². The fraction of sp³-hybridized carbons (Fsp3) is 0.462. The van der Waals surface area contributed by atoms with E-state index in [1.54, 1.807) is 0 Å². The summed E-state index contributed by atoms with van der Waals surface area (Å²) >= 11 is 0. The minimum atomic E-state index is -3.95. The Balaban J connectivity index is 2.26. The van der Waals surface area contributed by atoms with Crippen LogP contribution in [0.1, 0.15) is 22.3 Å². The predicted octanol–water partition coefficient (Wildman–Crippen LogP) is 0.426. The quantitative estimate of drug-likeness (QED) is 0.790. The summed E-state index contributed by atoms with van der Waals surface area (Å²) in [7, 11) is -2.51. The lowest BCUT2D eigenvalue weighted by Gasteiger charge is -2.12. The van der Waals surface area contributed by atoms with Crippen molar-refractivity contribution in [3.63, 3.8) is 0 Å². The van der Waals surface area contributed by atoms with Gasteiger partial charge in [0.25, 0.3) is 0 Å². The third kappa shape index (κ3) is 4.01. The number of primary sulfonamides is 1. The van der Waals surface area contributed by atoms with Gasteiger partial charge in [-0.1, -0.05) is 6.07 Å². The second-order valence-corrected chi connectivity index (χ2v) is 6.22. The summed E-state index contributed by atoms with van der Waals surface area (Å²) in [6.45, 7) is 0.986. The second kappa shape index (κ2) is 6.52. The monoisotopic (exact) mass is 315 g/mol. The Bertz CT molecular complexity index is 622. The summed E-state index contributed by atoms with van der Waals surface area (Å²) in [6, 6.07) is 4.19. The van der Waals surface area contributed by atoms with E-state index >= 15 is 0 Å². The largest absolute Gasteiger partial charge is 0.456 e. The Kier molecular flexibility index (Phi) is 4.94. The highest BCUT2D eigenvalue weighted by Gasteiger charge is 2.23. The van der Waals surface area contributed by atoms with Gasteiger partial charge >= 0.3 is 5.97 Å². The number of nitrogens with two attached hydrogens (primary N) is 1. The minimum absolute atomic E-state index is 0.0809. The van der Waals surface area contributed by atoms with Gasteiger partial charge in [0.1, 0.15) is 6.10 Å². The standard InChI is InChI=1S/C13H17NO6S/c1-18-7-10-3-2-9(6-12(10)21(14,16)17)13(15)20-11-4-5-19-8-11/h2-3,6,11H,4-5,7-8H2,1H3,(H2,14,16,17). The maximum atomic E-state index is 12.0. The topological polar surface area (TPSA) is 105 Å². The number of hydrogen-bond donors (Lipinski definition) is 1. The van der Waals surface area contributed by atoms with Crippen LogP contribution in [0.2, 0.25) is 0 Å². The highest BCUT2D eigenvalue weighted by atomic mass is 32.2. The lowest BCUT2D eigenvalue weighted by Crippen LogP contribution is -2.20. The van der Waals surface area contributed by atoms with Crippen molar-refractivity contribution >= 4 is 16.0 Å². The van der Waals surface area contributed by atoms with Crippen molar-refractivity contribution in [2.45, 2.75) is 24.0 Å². The van der Waals surface area contributed by atoms with Gasteiger partial charge in [0.15, 0.2) is 0 Å². The number of sulfonamides is 1. The van der Waals surface area contributed by atoms with Crippen molar-refractivity contribution in [3.8, 4) is 0 Å². The van der Waals surface area contributed by atoms with Gasteiger partial charge in [0, 0.05) is 13.5 Å². The number of esters is 1. The molecule has 1 aliphatic rings. The molecule has 0 radical (unpaired) electrons. The molecule has 2 N–H and O–H groups in total. The van der Waals surface area contributed by atoms with E-state index < -0.39 is 16.0 Å². The van der Waals surface area contributed by atoms with E-state index in [0.717, 1.165) is 0 Å². The SMILES string of the molecule is COCc1ccc(C(=O)OC2CCOC2)cc1S(N)(=O)=O. The first-order valence-electron chi connectivity index (χ1n) is 6.35. The van der Waals surface area contributed by atoms with E-state index in [2.05, 4.69) is 0 Å². The molecule has 0 aliphatic carbocycles. The van der Waals surface area contributed by atoms with Gasteiger partial charge in [-0.2, -0.15) is 0 Å². The van der Waals surface area contributed by atoms with Gasteiger partial charge in [-0.15, -0.1) is 0 Å². The smallest absolute Gasteiger partial charge is 0.338 e. The van der Waals surface area contributed by atoms with E-state index in [-0.39, 0.29) is 23.2 Å². The van der Waals surface area contributed by atoms with Gasteiger partial charge in [0.2, 0.25) is 10.0 Å². The third-order valence-corrected chi connectivity index (χ3v) is 4.06. The molecule has 1 heterocycles. The summed E-state index contributed by atoms with van der Waals surface area (Å²) in [5.74, 6) is -0.598. The molecule has 116 valence electrons. The molecule has 1 aliphatic heterocycles. The Morgan fingerprint density at radius 1 is 1.48 bits per heavy atom. The maximum Gasteiger partial charge on any atom is 0.338 e. The fourth-order valence-corrected chi connectivity index (χ4v) is 2.83. The Labute approximate surface area is 123 Å². The molecule has 21 heavy (non-hydrogen) atoms. The fourth-order valence-electron chi connectivity index (χ4n) is 2.05. The number of carbonyl (C=O) groups is 1. The summed E-state index contributed by atoms with van der Waals surface area (Å²) in [5.41, 5.74) is 0.520. The molecule has 0 bridgehead atoms. The molecule has 0 aromatic heterocycles. The zero-order chi connectivity index (χ0) is 15.5. The van der Waals surface area contributed by atoms with Crippen molar-refractivity contribution in [3.05, 3.63) is 29.3 Å². The highest BCUT2D eigenvalue weighted by Crippen LogP contribution is 2.19. The van der Waals surface area contributed by atoms with Gasteiger partial charge in [-0.3, -0.25) is 0 Å². The van der Waals surface area contributed by atoms with Crippen molar-refractivity contribution < 1.29 is 27.4 Å². The van der Waals surface area contributed by atoms with Gasteiger partial charge < -0.3 is 14.2 Å². The van der Waals surface area contributed by atoms with E-state index in [0.29, 0.717) is 25.2 Å². The highest BCUT2D eigenvalue weighted by molar-refractivity contribution is 7.89. The van der Waals surface area contributed by atoms with Crippen molar-refractivity contribution in [2.24, 2.45) is 5.14 Å². The lowest BCUT2D eigenvalue weighted by atomic mass is 10.1. The zero-order valence-electron chi connectivity index (χ0n) is 11.6. The number of methoxy groups -OCH3 is 1. The van der Waals surface area contributed by atoms with E-state index in [1.165, 1.54) is 25.3 Å². The van der Waals surface area contributed by atoms with Crippen LogP contribution in [0.15, 0.2) is 23.1 Å². The molecule has 1 atom stereocenters. The molecule has 8 heteroatoms. The van der Waals surface area contributed by atoms with Crippen LogP contribution >= 0.6 is 0 Å². The first-order chi connectivity index (χ1) is 9.91. The molecule has 0 amide bonds. The zero-order valence-corrected chi connectivity index (χ0v) is 12.4. The van der Waals surface area contributed by atoms with Crippen molar-refractivity contribution in [1.29, 1.82) is 0 Å². The lowest BCUT2D eigenvalue weighted by molar-refractivity contribution is 0.0270. The predicted molar refractivity (Wildman–Crippen MR) is 73.2 cm³/mol. The summed E-state index contributed by atoms with van der Waals surface area (Å²) in [6.07, 6.45) is 0.337. The van der Waals surface area contributed by atoms with Crippen LogP contribution in [0.4, 0.5) is 0 Å². The Morgan fingerprint density at radius 3 is 2.81 bits per heavy atom. The maximum absolute atomic E-state index is 12.0. The van der Waals surface area contributed by atoms with E-state index in [9.17, 15) is 13.2 Å². The van der Waals surface area contributed by atoms with Crippen LogP contribution in [-0.2, 0) is 30.8 Å². The normalized spacial score (nSPS) is 18.7. The molecule has 7 nitrogen and oxygen atoms in total. The molecule has 1 unspecified atom stereocenters. The molecule has 0 saturated carbocycles. The Hall–Kier alpha value is -1.48. The summed E-state index contributed by atoms with van der Waals surface area (Å²) in [4.78, 5) is 11.9. The molecule has 2 rings (SSSR count). The van der Waals surface area contributed by atoms with Crippen LogP contribution < -0.4 is 5.14 Å². The van der Waals surface area contributed by atoms with Crippen LogP contribution in [0.25, 0.3) is 0 Å². The van der Waals surface area contributed by atoms with E-state index in [4.69, 9.17) is 19.3 Å². The second-order valence-electron chi connectivity index (χ2n) is 4.69. The van der Waals surface area contributed by atoms with Crippen LogP contribution in [-0.4, -0.2) is 40.8 Å². The average molecular weight is 315 g/mol. The van der Waals surface area contributed by atoms with Crippen LogP contribution in [0.3, 0.4) is 0 Å². The third-order valence-electron chi connectivity index (χ3n) is 3.07. The van der Waals surface area contributed by atoms with Gasteiger partial charge in [0.05, 0.1) is 30.3 Å². The molecule has 0 spiro atoms. The van der Waals surface area contributed by atoms with Crippen molar-refractivity contribution in [1.82, 2.24) is 0 Å². The first kappa shape index (κ1) is 15.9. The molecular formula is C13H17NO6S. The van der Waals surface area contributed by atoms with E-state index in [1.807, 2.05) is 0 Å². The number of ether oxygens (including phenoxy) is 3. The molecule has 1 aromatic rings. The molecule has 1 saturated heterocycles. The first-order valence-corrected chi connectivity index (χ1v) is 7.90. The number of rotatable bonds is 5. The Morgan fingerprint density at radius 2 is 2.24 bits per heavy atom. The molecule has 1 aromatic carbocycles. The minimum Gasteiger partial charge on any atom is -0.456 e. The molecule has 1 fully saturated rings. The number of carbonyl (C=O) groups excluding carboxylic acids is 1. The summed E-state index contributed by atoms with van der Waals surface area (Å²) < 4.78 is 38.5. The van der Waals surface area contributed by atoms with Gasteiger partial charge in [-0.05, 0) is 17.7 Å². The number of hydrogen-bond acceptors (Lipinski definition) is 6. The van der Waals surface area contributed by atoms with Gasteiger partial charge in [-0.25, -0.2) is 18.4 Å². The number of benzene rings is 1. The average Bonchev–Trinajstić information content (AvgIpc) is 2.91. The summed E-state index contributed by atoms with van der Waals surface area (Å²) in [5, 5.41) is 5.17. The van der Waals surface area contributed by atoms with Crippen molar-refractivity contribution in [2.75, 3.05) is 20.3 Å². The van der Waals surface area contributed by atoms with Crippen LogP contribution in [0, 0.1) is 0 Å².